The summed E-state index contributed by atoms with van der Waals surface area (Å²) in [6.45, 7) is 7.04. The Kier molecular flexibility index (Phi) is 4.15. The highest BCUT2D eigenvalue weighted by Crippen LogP contribution is 2.29. The lowest BCUT2D eigenvalue weighted by molar-refractivity contribution is 0.0376. The van der Waals surface area contributed by atoms with E-state index in [4.69, 9.17) is 16.3 Å². The first-order valence-corrected chi connectivity index (χ1v) is 7.27. The summed E-state index contributed by atoms with van der Waals surface area (Å²) in [5.41, 5.74) is 1.11. The van der Waals surface area contributed by atoms with Gasteiger partial charge in [-0.2, -0.15) is 0 Å². The summed E-state index contributed by atoms with van der Waals surface area (Å²) in [6.07, 6.45) is 3.68. The van der Waals surface area contributed by atoms with E-state index in [1.54, 1.807) is 6.33 Å². The summed E-state index contributed by atoms with van der Waals surface area (Å²) in [5.74, 6) is 1.03. The quantitative estimate of drug-likeness (QED) is 0.777. The fourth-order valence-electron chi connectivity index (χ4n) is 2.75. The van der Waals surface area contributed by atoms with E-state index in [0.29, 0.717) is 5.15 Å². The van der Waals surface area contributed by atoms with Crippen LogP contribution in [0.5, 0.6) is 0 Å². The van der Waals surface area contributed by atoms with E-state index in [1.807, 2.05) is 0 Å². The molecule has 0 saturated carbocycles. The van der Waals surface area contributed by atoms with Gasteiger partial charge in [0.25, 0.3) is 0 Å². The van der Waals surface area contributed by atoms with Crippen molar-refractivity contribution in [3.05, 3.63) is 17.0 Å². The number of anilines is 1. The molecule has 104 valence electrons. The van der Waals surface area contributed by atoms with Crippen molar-refractivity contribution in [3.63, 3.8) is 0 Å². The molecule has 1 fully saturated rings. The summed E-state index contributed by atoms with van der Waals surface area (Å²) < 4.78 is 5.36. The van der Waals surface area contributed by atoms with Gasteiger partial charge >= 0.3 is 0 Å². The lowest BCUT2D eigenvalue weighted by atomic mass is 10.3. The third-order valence-electron chi connectivity index (χ3n) is 3.81. The number of ether oxygens (including phenoxy) is 1. The van der Waals surface area contributed by atoms with Gasteiger partial charge in [-0.15, -0.1) is 0 Å². The minimum atomic E-state index is 0.612. The molecule has 0 unspecified atom stereocenters. The molecule has 6 heteroatoms. The Morgan fingerprint density at radius 2 is 2.00 bits per heavy atom. The van der Waals surface area contributed by atoms with Crippen LogP contribution in [0.3, 0.4) is 0 Å². The van der Waals surface area contributed by atoms with Crippen LogP contribution in [0.2, 0.25) is 5.15 Å². The van der Waals surface area contributed by atoms with Gasteiger partial charge in [0.2, 0.25) is 0 Å². The maximum Gasteiger partial charge on any atom is 0.137 e. The maximum absolute atomic E-state index is 6.09. The zero-order valence-corrected chi connectivity index (χ0v) is 11.8. The molecule has 0 amide bonds. The Morgan fingerprint density at radius 3 is 2.84 bits per heavy atom. The summed E-state index contributed by atoms with van der Waals surface area (Å²) in [6, 6.07) is 0. The van der Waals surface area contributed by atoms with Crippen molar-refractivity contribution in [1.29, 1.82) is 0 Å². The Balaban J connectivity index is 1.51. The lowest BCUT2D eigenvalue weighted by Crippen LogP contribution is -2.38. The van der Waals surface area contributed by atoms with Crippen LogP contribution in [0.1, 0.15) is 12.0 Å². The topological polar surface area (TPSA) is 41.5 Å². The molecule has 2 aliphatic heterocycles. The molecule has 3 heterocycles. The summed E-state index contributed by atoms with van der Waals surface area (Å²) in [7, 11) is 0. The Labute approximate surface area is 118 Å². The first-order chi connectivity index (χ1) is 9.34. The summed E-state index contributed by atoms with van der Waals surface area (Å²) in [5, 5.41) is 0.612. The highest BCUT2D eigenvalue weighted by Gasteiger charge is 2.23. The van der Waals surface area contributed by atoms with Crippen LogP contribution in [0.4, 0.5) is 5.82 Å². The van der Waals surface area contributed by atoms with E-state index in [2.05, 4.69) is 19.8 Å². The molecule has 0 bridgehead atoms. The van der Waals surface area contributed by atoms with E-state index < -0.39 is 0 Å². The molecular formula is C13H19ClN4O. The van der Waals surface area contributed by atoms with E-state index in [-0.39, 0.29) is 0 Å². The molecule has 0 aromatic carbocycles. The molecule has 0 radical (unpaired) electrons. The van der Waals surface area contributed by atoms with E-state index >= 15 is 0 Å². The molecule has 0 spiro atoms. The fourth-order valence-corrected chi connectivity index (χ4v) is 2.97. The van der Waals surface area contributed by atoms with E-state index in [0.717, 1.165) is 70.2 Å². The van der Waals surface area contributed by atoms with Crippen LogP contribution in [0.25, 0.3) is 0 Å². The Hall–Kier alpha value is -0.910. The molecule has 1 aromatic rings. The average molecular weight is 283 g/mol. The van der Waals surface area contributed by atoms with Gasteiger partial charge in [0, 0.05) is 38.3 Å². The zero-order chi connectivity index (χ0) is 13.1. The number of halogens is 1. The minimum Gasteiger partial charge on any atom is -0.379 e. The monoisotopic (exact) mass is 282 g/mol. The predicted octanol–water partition coefficient (Wildman–Crippen LogP) is 1.21. The molecule has 5 nitrogen and oxygen atoms in total. The van der Waals surface area contributed by atoms with Gasteiger partial charge in [0.05, 0.1) is 13.2 Å². The SMILES string of the molecule is Clc1ncnc2c1CCN2CCCN1CCOCC1. The van der Waals surface area contributed by atoms with Crippen LogP contribution < -0.4 is 4.90 Å². The van der Waals surface area contributed by atoms with Crippen LogP contribution >= 0.6 is 11.6 Å². The van der Waals surface area contributed by atoms with Gasteiger partial charge in [0.1, 0.15) is 17.3 Å². The van der Waals surface area contributed by atoms with Crippen molar-refractivity contribution in [2.75, 3.05) is 50.8 Å². The number of rotatable bonds is 4. The molecule has 1 aromatic heterocycles. The van der Waals surface area contributed by atoms with Gasteiger partial charge in [-0.25, -0.2) is 9.97 Å². The van der Waals surface area contributed by atoms with Crippen LogP contribution in [-0.2, 0) is 11.2 Å². The molecule has 0 atom stereocenters. The number of hydrogen-bond acceptors (Lipinski definition) is 5. The second-order valence-electron chi connectivity index (χ2n) is 5.01. The summed E-state index contributed by atoms with van der Waals surface area (Å²) >= 11 is 6.09. The molecule has 2 aliphatic rings. The Bertz CT molecular complexity index is 437. The summed E-state index contributed by atoms with van der Waals surface area (Å²) in [4.78, 5) is 13.2. The number of hydrogen-bond donors (Lipinski definition) is 0. The van der Waals surface area contributed by atoms with Crippen molar-refractivity contribution >= 4 is 17.4 Å². The van der Waals surface area contributed by atoms with Crippen LogP contribution in [0, 0.1) is 0 Å². The van der Waals surface area contributed by atoms with Gasteiger partial charge in [-0.1, -0.05) is 11.6 Å². The molecule has 0 N–H and O–H groups in total. The normalized spacial score (nSPS) is 19.7. The Morgan fingerprint density at radius 1 is 1.16 bits per heavy atom. The van der Waals surface area contributed by atoms with Crippen LogP contribution in [0.15, 0.2) is 6.33 Å². The highest BCUT2D eigenvalue weighted by molar-refractivity contribution is 6.30. The second-order valence-corrected chi connectivity index (χ2v) is 5.37. The van der Waals surface area contributed by atoms with Crippen molar-refractivity contribution in [2.45, 2.75) is 12.8 Å². The first-order valence-electron chi connectivity index (χ1n) is 6.89. The zero-order valence-electron chi connectivity index (χ0n) is 11.0. The molecule has 19 heavy (non-hydrogen) atoms. The molecule has 0 aliphatic carbocycles. The number of fused-ring (bicyclic) bond motifs is 1. The smallest absolute Gasteiger partial charge is 0.137 e. The predicted molar refractivity (Wildman–Crippen MR) is 74.8 cm³/mol. The largest absolute Gasteiger partial charge is 0.379 e. The van der Waals surface area contributed by atoms with E-state index in [1.165, 1.54) is 0 Å². The number of nitrogens with zero attached hydrogens (tertiary/aromatic N) is 4. The maximum atomic E-state index is 6.09. The van der Waals surface area contributed by atoms with Crippen molar-refractivity contribution in [1.82, 2.24) is 14.9 Å². The first kappa shape index (κ1) is 13.1. The number of aromatic nitrogens is 2. The highest BCUT2D eigenvalue weighted by atomic mass is 35.5. The van der Waals surface area contributed by atoms with Crippen molar-refractivity contribution < 1.29 is 4.74 Å². The third kappa shape index (κ3) is 2.99. The van der Waals surface area contributed by atoms with Crippen molar-refractivity contribution in [2.24, 2.45) is 0 Å². The van der Waals surface area contributed by atoms with Gasteiger partial charge in [-0.05, 0) is 12.8 Å². The molecular weight excluding hydrogens is 264 g/mol. The van der Waals surface area contributed by atoms with E-state index in [9.17, 15) is 0 Å². The number of morpholine rings is 1. The van der Waals surface area contributed by atoms with Gasteiger partial charge in [0.15, 0.2) is 0 Å². The molecule has 1 saturated heterocycles. The second kappa shape index (κ2) is 6.03. The third-order valence-corrected chi connectivity index (χ3v) is 4.13. The fraction of sp³-hybridized carbons (Fsp3) is 0.692. The standard InChI is InChI=1S/C13H19ClN4O/c14-12-11-2-5-18(13(11)16-10-15-12)4-1-3-17-6-8-19-9-7-17/h10H,1-9H2. The van der Waals surface area contributed by atoms with Gasteiger partial charge < -0.3 is 9.64 Å². The minimum absolute atomic E-state index is 0.612. The average Bonchev–Trinajstić information content (AvgIpc) is 2.85. The van der Waals surface area contributed by atoms with Crippen molar-refractivity contribution in [3.8, 4) is 0 Å². The van der Waals surface area contributed by atoms with Gasteiger partial charge in [-0.3, -0.25) is 4.90 Å². The lowest BCUT2D eigenvalue weighted by Gasteiger charge is -2.27. The van der Waals surface area contributed by atoms with Crippen LogP contribution in [-0.4, -0.2) is 60.8 Å². The molecule has 3 rings (SSSR count).